The number of aromatic nitrogens is 2. The molecule has 102 valence electrons. The lowest BCUT2D eigenvalue weighted by molar-refractivity contribution is 0.814. The Hall–Kier alpha value is -0.950. The van der Waals surface area contributed by atoms with Gasteiger partial charge in [-0.25, -0.2) is 4.98 Å². The van der Waals surface area contributed by atoms with Crippen molar-refractivity contribution in [2.45, 2.75) is 6.54 Å². The zero-order valence-electron chi connectivity index (χ0n) is 11.1. The highest BCUT2D eigenvalue weighted by Gasteiger charge is 2.08. The molecule has 4 nitrogen and oxygen atoms in total. The lowest BCUT2D eigenvalue weighted by Gasteiger charge is -2.13. The molecule has 0 aliphatic rings. The molecular weight excluding hydrogens is 375 g/mol. The van der Waals surface area contributed by atoms with Crippen molar-refractivity contribution >= 4 is 45.8 Å². The van der Waals surface area contributed by atoms with Crippen LogP contribution in [0.5, 0.6) is 0 Å². The molecule has 0 amide bonds. The summed E-state index contributed by atoms with van der Waals surface area (Å²) in [5.41, 5.74) is 2.05. The van der Waals surface area contributed by atoms with Crippen LogP contribution in [-0.4, -0.2) is 23.6 Å². The van der Waals surface area contributed by atoms with Crippen LogP contribution in [-0.2, 0) is 13.6 Å². The summed E-state index contributed by atoms with van der Waals surface area (Å²) in [5.74, 6) is 0.936. The first kappa shape index (κ1) is 14.5. The number of halogens is 2. The first-order valence-corrected chi connectivity index (χ1v) is 7.31. The van der Waals surface area contributed by atoms with Gasteiger partial charge in [0.15, 0.2) is 0 Å². The van der Waals surface area contributed by atoms with E-state index >= 15 is 0 Å². The fraction of sp³-hybridized carbons (Fsp3) is 0.308. The van der Waals surface area contributed by atoms with Crippen molar-refractivity contribution in [1.29, 1.82) is 0 Å². The van der Waals surface area contributed by atoms with Crippen LogP contribution in [0, 0.1) is 3.57 Å². The molecule has 1 N–H and O–H groups in total. The van der Waals surface area contributed by atoms with E-state index in [0.29, 0.717) is 6.54 Å². The van der Waals surface area contributed by atoms with Crippen molar-refractivity contribution in [1.82, 2.24) is 9.55 Å². The number of nitrogens with one attached hydrogen (secondary N) is 1. The Morgan fingerprint density at radius 2 is 2.16 bits per heavy atom. The predicted molar refractivity (Wildman–Crippen MR) is 89.0 cm³/mol. The van der Waals surface area contributed by atoms with Gasteiger partial charge in [-0.1, -0.05) is 11.6 Å². The van der Waals surface area contributed by atoms with E-state index in [1.807, 2.05) is 50.4 Å². The maximum atomic E-state index is 6.19. The summed E-state index contributed by atoms with van der Waals surface area (Å²) < 4.78 is 3.19. The molecular formula is C13H16ClIN4. The minimum atomic E-state index is 0.692. The number of imidazole rings is 1. The van der Waals surface area contributed by atoms with Gasteiger partial charge in [-0.2, -0.15) is 0 Å². The number of anilines is 2. The summed E-state index contributed by atoms with van der Waals surface area (Å²) in [4.78, 5) is 6.37. The van der Waals surface area contributed by atoms with Crippen LogP contribution in [0.3, 0.4) is 0 Å². The van der Waals surface area contributed by atoms with Crippen molar-refractivity contribution in [2.24, 2.45) is 7.05 Å². The summed E-state index contributed by atoms with van der Waals surface area (Å²) in [6, 6.07) is 5.97. The Morgan fingerprint density at radius 1 is 1.42 bits per heavy atom. The summed E-state index contributed by atoms with van der Waals surface area (Å²) in [6.45, 7) is 0.692. The highest BCUT2D eigenvalue weighted by molar-refractivity contribution is 14.1. The smallest absolute Gasteiger partial charge is 0.204 e. The van der Waals surface area contributed by atoms with Gasteiger partial charge in [-0.3, -0.25) is 0 Å². The SMILES string of the molecule is CN(C)c1ncc(CNc2ccc(I)cc2Cl)n1C. The number of hydrogen-bond donors (Lipinski definition) is 1. The molecule has 0 fully saturated rings. The molecule has 0 aliphatic carbocycles. The van der Waals surface area contributed by atoms with Gasteiger partial charge in [0.25, 0.3) is 0 Å². The molecule has 0 radical (unpaired) electrons. The van der Waals surface area contributed by atoms with E-state index in [2.05, 4.69) is 37.5 Å². The van der Waals surface area contributed by atoms with Crippen LogP contribution in [0.2, 0.25) is 5.02 Å². The van der Waals surface area contributed by atoms with Gasteiger partial charge in [-0.05, 0) is 40.8 Å². The minimum Gasteiger partial charge on any atom is -0.378 e. The average Bonchev–Trinajstić information content (AvgIpc) is 2.70. The Balaban J connectivity index is 2.10. The Labute approximate surface area is 131 Å². The summed E-state index contributed by atoms with van der Waals surface area (Å²) in [5, 5.41) is 4.07. The lowest BCUT2D eigenvalue weighted by atomic mass is 10.3. The molecule has 19 heavy (non-hydrogen) atoms. The summed E-state index contributed by atoms with van der Waals surface area (Å²) >= 11 is 8.44. The molecule has 1 aromatic heterocycles. The van der Waals surface area contributed by atoms with Crippen molar-refractivity contribution in [3.05, 3.63) is 38.7 Å². The van der Waals surface area contributed by atoms with Crippen LogP contribution in [0.1, 0.15) is 5.69 Å². The fourth-order valence-electron chi connectivity index (χ4n) is 1.83. The van der Waals surface area contributed by atoms with E-state index in [1.54, 1.807) is 0 Å². The van der Waals surface area contributed by atoms with E-state index in [4.69, 9.17) is 11.6 Å². The van der Waals surface area contributed by atoms with Crippen molar-refractivity contribution in [3.63, 3.8) is 0 Å². The van der Waals surface area contributed by atoms with Crippen LogP contribution < -0.4 is 10.2 Å². The molecule has 2 aromatic rings. The lowest BCUT2D eigenvalue weighted by Crippen LogP contribution is -2.15. The van der Waals surface area contributed by atoms with Gasteiger partial charge in [-0.15, -0.1) is 0 Å². The maximum absolute atomic E-state index is 6.19. The maximum Gasteiger partial charge on any atom is 0.204 e. The van der Waals surface area contributed by atoms with Gasteiger partial charge in [0, 0.05) is 24.7 Å². The largest absolute Gasteiger partial charge is 0.378 e. The second-order valence-corrected chi connectivity index (χ2v) is 6.13. The molecule has 1 aromatic carbocycles. The third kappa shape index (κ3) is 3.33. The zero-order chi connectivity index (χ0) is 14.0. The summed E-state index contributed by atoms with van der Waals surface area (Å²) in [6.07, 6.45) is 1.88. The number of nitrogens with zero attached hydrogens (tertiary/aromatic N) is 3. The minimum absolute atomic E-state index is 0.692. The molecule has 0 saturated heterocycles. The zero-order valence-corrected chi connectivity index (χ0v) is 14.0. The Bertz CT molecular complexity index is 580. The molecule has 6 heteroatoms. The third-order valence-electron chi connectivity index (χ3n) is 2.85. The molecule has 0 saturated carbocycles. The second-order valence-electron chi connectivity index (χ2n) is 4.48. The molecule has 0 bridgehead atoms. The van der Waals surface area contributed by atoms with Crippen LogP contribution in [0.15, 0.2) is 24.4 Å². The quantitative estimate of drug-likeness (QED) is 0.813. The molecule has 0 aliphatic heterocycles. The Kier molecular flexibility index (Phi) is 4.57. The molecule has 2 rings (SSSR count). The number of hydrogen-bond acceptors (Lipinski definition) is 3. The second kappa shape index (κ2) is 6.00. The molecule has 1 heterocycles. The van der Waals surface area contributed by atoms with Gasteiger partial charge < -0.3 is 14.8 Å². The van der Waals surface area contributed by atoms with Crippen molar-refractivity contribution in [3.8, 4) is 0 Å². The average molecular weight is 391 g/mol. The Morgan fingerprint density at radius 3 is 2.74 bits per heavy atom. The van der Waals surface area contributed by atoms with E-state index in [0.717, 1.165) is 25.9 Å². The van der Waals surface area contributed by atoms with Crippen LogP contribution >= 0.6 is 34.2 Å². The third-order valence-corrected chi connectivity index (χ3v) is 3.83. The van der Waals surface area contributed by atoms with Gasteiger partial charge in [0.2, 0.25) is 5.95 Å². The molecule has 0 spiro atoms. The number of rotatable bonds is 4. The van der Waals surface area contributed by atoms with E-state index in [9.17, 15) is 0 Å². The predicted octanol–water partition coefficient (Wildman–Crippen LogP) is 3.36. The van der Waals surface area contributed by atoms with E-state index in [1.165, 1.54) is 0 Å². The monoisotopic (exact) mass is 390 g/mol. The van der Waals surface area contributed by atoms with Gasteiger partial charge in [0.1, 0.15) is 0 Å². The van der Waals surface area contributed by atoms with E-state index < -0.39 is 0 Å². The first-order valence-electron chi connectivity index (χ1n) is 5.86. The first-order chi connectivity index (χ1) is 8.99. The number of benzene rings is 1. The van der Waals surface area contributed by atoms with Gasteiger partial charge in [0.05, 0.1) is 29.1 Å². The normalized spacial score (nSPS) is 10.6. The standard InChI is InChI=1S/C13H16ClIN4/c1-18(2)13-17-8-10(19(13)3)7-16-12-5-4-9(15)6-11(12)14/h4-6,8,16H,7H2,1-3H3. The van der Waals surface area contributed by atoms with Crippen molar-refractivity contribution < 1.29 is 0 Å². The topological polar surface area (TPSA) is 33.1 Å². The van der Waals surface area contributed by atoms with Crippen LogP contribution in [0.25, 0.3) is 0 Å². The fourth-order valence-corrected chi connectivity index (χ4v) is 2.75. The van der Waals surface area contributed by atoms with E-state index in [-0.39, 0.29) is 0 Å². The molecule has 0 atom stereocenters. The summed E-state index contributed by atoms with van der Waals surface area (Å²) in [7, 11) is 5.97. The van der Waals surface area contributed by atoms with Gasteiger partial charge >= 0.3 is 0 Å². The highest BCUT2D eigenvalue weighted by Crippen LogP contribution is 2.24. The van der Waals surface area contributed by atoms with Crippen LogP contribution in [0.4, 0.5) is 11.6 Å². The van der Waals surface area contributed by atoms with Crippen molar-refractivity contribution in [2.75, 3.05) is 24.3 Å². The highest BCUT2D eigenvalue weighted by atomic mass is 127. The molecule has 0 unspecified atom stereocenters.